The Morgan fingerprint density at radius 2 is 2.21 bits per heavy atom. The number of halogens is 3. The Labute approximate surface area is 78.1 Å². The maximum absolute atomic E-state index is 11.7. The van der Waals surface area contributed by atoms with Crippen molar-refractivity contribution >= 4 is 0 Å². The number of alkyl halides is 3. The minimum atomic E-state index is -4.16. The summed E-state index contributed by atoms with van der Waals surface area (Å²) in [5, 5.41) is 18.6. The molecular formula is C7H10F3N3O. The minimum absolute atomic E-state index is 0.0338. The Morgan fingerprint density at radius 3 is 2.71 bits per heavy atom. The van der Waals surface area contributed by atoms with Gasteiger partial charge in [0.2, 0.25) is 0 Å². The summed E-state index contributed by atoms with van der Waals surface area (Å²) in [6.45, 7) is 0. The summed E-state index contributed by atoms with van der Waals surface area (Å²) in [7, 11) is 0. The highest BCUT2D eigenvalue weighted by Crippen LogP contribution is 2.25. The molecule has 1 unspecified atom stereocenters. The van der Waals surface area contributed by atoms with E-state index in [1.54, 1.807) is 0 Å². The van der Waals surface area contributed by atoms with E-state index in [9.17, 15) is 18.3 Å². The first-order valence-corrected chi connectivity index (χ1v) is 4.09. The summed E-state index contributed by atoms with van der Waals surface area (Å²) in [4.78, 5) is 0. The van der Waals surface area contributed by atoms with Crippen molar-refractivity contribution in [1.82, 2.24) is 15.4 Å². The molecule has 0 bridgehead atoms. The molecule has 1 rings (SSSR count). The highest BCUT2D eigenvalue weighted by molar-refractivity contribution is 4.95. The first kappa shape index (κ1) is 11.0. The molecule has 1 aromatic rings. The third-order valence-corrected chi connectivity index (χ3v) is 1.71. The molecule has 80 valence electrons. The maximum atomic E-state index is 11.7. The van der Waals surface area contributed by atoms with Crippen LogP contribution >= 0.6 is 0 Å². The lowest BCUT2D eigenvalue weighted by atomic mass is 10.1. The molecule has 0 radical (unpaired) electrons. The van der Waals surface area contributed by atoms with Gasteiger partial charge in [-0.05, 0) is 12.8 Å². The van der Waals surface area contributed by atoms with Crippen molar-refractivity contribution in [2.45, 2.75) is 31.5 Å². The number of aliphatic hydroxyl groups is 1. The van der Waals surface area contributed by atoms with E-state index < -0.39 is 18.7 Å². The molecule has 0 aliphatic rings. The predicted molar refractivity (Wildman–Crippen MR) is 41.2 cm³/mol. The molecule has 7 heteroatoms. The second kappa shape index (κ2) is 4.41. The van der Waals surface area contributed by atoms with Gasteiger partial charge in [-0.25, -0.2) is 0 Å². The van der Waals surface area contributed by atoms with Crippen LogP contribution in [0.25, 0.3) is 0 Å². The molecule has 0 fully saturated rings. The van der Waals surface area contributed by atoms with Crippen LogP contribution in [0.3, 0.4) is 0 Å². The fourth-order valence-electron chi connectivity index (χ4n) is 1.01. The fourth-order valence-corrected chi connectivity index (χ4v) is 1.01. The van der Waals surface area contributed by atoms with Crippen LogP contribution in [0.2, 0.25) is 0 Å². The SMILES string of the molecule is OC(CCCC(F)(F)F)c1cn[nH]n1. The molecule has 0 aromatic carbocycles. The smallest absolute Gasteiger partial charge is 0.387 e. The van der Waals surface area contributed by atoms with E-state index in [1.807, 2.05) is 0 Å². The van der Waals surface area contributed by atoms with Crippen molar-refractivity contribution < 1.29 is 18.3 Å². The summed E-state index contributed by atoms with van der Waals surface area (Å²) in [5.74, 6) is 0. The van der Waals surface area contributed by atoms with Crippen LogP contribution < -0.4 is 0 Å². The lowest BCUT2D eigenvalue weighted by molar-refractivity contribution is -0.136. The van der Waals surface area contributed by atoms with Crippen molar-refractivity contribution in [2.24, 2.45) is 0 Å². The van der Waals surface area contributed by atoms with E-state index >= 15 is 0 Å². The van der Waals surface area contributed by atoms with Gasteiger partial charge in [-0.2, -0.15) is 28.6 Å². The first-order valence-electron chi connectivity index (χ1n) is 4.09. The highest BCUT2D eigenvalue weighted by Gasteiger charge is 2.26. The summed E-state index contributed by atoms with van der Waals surface area (Å²) in [6, 6.07) is 0. The van der Waals surface area contributed by atoms with Crippen molar-refractivity contribution in [3.8, 4) is 0 Å². The molecular weight excluding hydrogens is 199 g/mol. The van der Waals surface area contributed by atoms with E-state index in [-0.39, 0.29) is 18.5 Å². The zero-order chi connectivity index (χ0) is 10.6. The Morgan fingerprint density at radius 1 is 1.50 bits per heavy atom. The summed E-state index contributed by atoms with van der Waals surface area (Å²) < 4.78 is 35.2. The summed E-state index contributed by atoms with van der Waals surface area (Å²) >= 11 is 0. The molecule has 0 saturated heterocycles. The van der Waals surface area contributed by atoms with E-state index in [2.05, 4.69) is 15.4 Å². The molecule has 0 aliphatic carbocycles. The van der Waals surface area contributed by atoms with Gasteiger partial charge in [-0.1, -0.05) is 0 Å². The van der Waals surface area contributed by atoms with Gasteiger partial charge in [0.25, 0.3) is 0 Å². The summed E-state index contributed by atoms with van der Waals surface area (Å²) in [5.41, 5.74) is 0.271. The van der Waals surface area contributed by atoms with Gasteiger partial charge in [0.05, 0.1) is 12.3 Å². The number of H-pyrrole nitrogens is 1. The number of nitrogens with zero attached hydrogens (tertiary/aromatic N) is 2. The van der Waals surface area contributed by atoms with Crippen LogP contribution in [0, 0.1) is 0 Å². The quantitative estimate of drug-likeness (QED) is 0.791. The van der Waals surface area contributed by atoms with Gasteiger partial charge in [-0.15, -0.1) is 0 Å². The number of nitrogens with one attached hydrogen (secondary N) is 1. The molecule has 2 N–H and O–H groups in total. The highest BCUT2D eigenvalue weighted by atomic mass is 19.4. The fraction of sp³-hybridized carbons (Fsp3) is 0.714. The molecule has 14 heavy (non-hydrogen) atoms. The molecule has 1 heterocycles. The van der Waals surface area contributed by atoms with Crippen LogP contribution in [0.1, 0.15) is 31.1 Å². The van der Waals surface area contributed by atoms with Crippen LogP contribution in [0.4, 0.5) is 13.2 Å². The average molecular weight is 209 g/mol. The molecule has 4 nitrogen and oxygen atoms in total. The molecule has 0 spiro atoms. The third-order valence-electron chi connectivity index (χ3n) is 1.71. The molecule has 0 amide bonds. The van der Waals surface area contributed by atoms with Gasteiger partial charge >= 0.3 is 6.18 Å². The number of hydrogen-bond donors (Lipinski definition) is 2. The van der Waals surface area contributed by atoms with E-state index in [0.29, 0.717) is 0 Å². The molecule has 1 atom stereocenters. The van der Waals surface area contributed by atoms with Gasteiger partial charge in [-0.3, -0.25) is 0 Å². The predicted octanol–water partition coefficient (Wildman–Crippen LogP) is 1.57. The van der Waals surface area contributed by atoms with Gasteiger partial charge in [0.15, 0.2) is 0 Å². The number of aliphatic hydroxyl groups excluding tert-OH is 1. The summed E-state index contributed by atoms with van der Waals surface area (Å²) in [6.07, 6.45) is -4.82. The maximum Gasteiger partial charge on any atom is 0.389 e. The number of hydrogen-bond acceptors (Lipinski definition) is 3. The normalized spacial score (nSPS) is 14.3. The van der Waals surface area contributed by atoms with Crippen LogP contribution in [0.5, 0.6) is 0 Å². The monoisotopic (exact) mass is 209 g/mol. The average Bonchev–Trinajstić information content (AvgIpc) is 2.53. The van der Waals surface area contributed by atoms with Crippen molar-refractivity contribution in [1.29, 1.82) is 0 Å². The first-order chi connectivity index (χ1) is 6.49. The Balaban J connectivity index is 2.26. The van der Waals surface area contributed by atoms with Crippen LogP contribution in [-0.2, 0) is 0 Å². The van der Waals surface area contributed by atoms with E-state index in [4.69, 9.17) is 0 Å². The third kappa shape index (κ3) is 3.73. The number of rotatable bonds is 4. The Kier molecular flexibility index (Phi) is 3.45. The van der Waals surface area contributed by atoms with Gasteiger partial charge < -0.3 is 5.11 Å². The zero-order valence-corrected chi connectivity index (χ0v) is 7.25. The second-order valence-electron chi connectivity index (χ2n) is 2.92. The lowest BCUT2D eigenvalue weighted by Crippen LogP contribution is -2.08. The second-order valence-corrected chi connectivity index (χ2v) is 2.92. The van der Waals surface area contributed by atoms with Gasteiger partial charge in [0.1, 0.15) is 5.69 Å². The number of aromatic nitrogens is 3. The zero-order valence-electron chi connectivity index (χ0n) is 7.25. The van der Waals surface area contributed by atoms with Gasteiger partial charge in [0, 0.05) is 6.42 Å². The number of aromatic amines is 1. The molecule has 0 aliphatic heterocycles. The van der Waals surface area contributed by atoms with Crippen LogP contribution in [0.15, 0.2) is 6.20 Å². The standard InChI is InChI=1S/C7H10F3N3O/c8-7(9,10)3-1-2-6(14)5-4-11-13-12-5/h4,6,14H,1-3H2,(H,11,12,13). The Bertz CT molecular complexity index is 260. The van der Waals surface area contributed by atoms with E-state index in [0.717, 1.165) is 0 Å². The topological polar surface area (TPSA) is 61.8 Å². The minimum Gasteiger partial charge on any atom is -0.387 e. The van der Waals surface area contributed by atoms with E-state index in [1.165, 1.54) is 6.20 Å². The lowest BCUT2D eigenvalue weighted by Gasteiger charge is -2.08. The molecule has 1 aromatic heterocycles. The largest absolute Gasteiger partial charge is 0.389 e. The van der Waals surface area contributed by atoms with Crippen molar-refractivity contribution in [3.63, 3.8) is 0 Å². The van der Waals surface area contributed by atoms with Crippen LogP contribution in [-0.4, -0.2) is 26.7 Å². The van der Waals surface area contributed by atoms with Crippen molar-refractivity contribution in [3.05, 3.63) is 11.9 Å². The Hall–Kier alpha value is -1.11. The van der Waals surface area contributed by atoms with Crippen molar-refractivity contribution in [2.75, 3.05) is 0 Å². The molecule has 0 saturated carbocycles.